The zero-order chi connectivity index (χ0) is 19.1. The van der Waals surface area contributed by atoms with Crippen LogP contribution in [0.15, 0.2) is 42.6 Å². The van der Waals surface area contributed by atoms with E-state index in [2.05, 4.69) is 10.3 Å². The smallest absolute Gasteiger partial charge is 0.244 e. The van der Waals surface area contributed by atoms with Crippen LogP contribution in [0.3, 0.4) is 0 Å². The molecule has 7 heteroatoms. The largest absolute Gasteiger partial charge is 0.439 e. The van der Waals surface area contributed by atoms with E-state index < -0.39 is 0 Å². The number of likely N-dealkylation sites (tertiary alicyclic amines) is 1. The average Bonchev–Trinajstić information content (AvgIpc) is 2.65. The van der Waals surface area contributed by atoms with Crippen LogP contribution >= 0.6 is 0 Å². The Morgan fingerprint density at radius 3 is 2.63 bits per heavy atom. The predicted octanol–water partition coefficient (Wildman–Crippen LogP) is 3.74. The standard InChI is InChI=1S/C20H22FN3O3/c21-15-6-9-17(10-7-15)27-19-11-8-16(13-22-19)23-18(25)14-24-12-4-2-1-3-5-20(24)26/h6-11,13H,1-5,12,14H2,(H,23,25). The van der Waals surface area contributed by atoms with Gasteiger partial charge in [0.15, 0.2) is 0 Å². The first-order valence-electron chi connectivity index (χ1n) is 9.07. The summed E-state index contributed by atoms with van der Waals surface area (Å²) in [5.74, 6) is 0.241. The second-order valence-electron chi connectivity index (χ2n) is 6.47. The fourth-order valence-corrected chi connectivity index (χ4v) is 2.89. The SMILES string of the molecule is O=C(CN1CCCCCCC1=O)Nc1ccc(Oc2ccc(F)cc2)nc1. The van der Waals surface area contributed by atoms with Gasteiger partial charge in [-0.3, -0.25) is 9.59 Å². The molecule has 3 rings (SSSR count). The molecule has 0 unspecified atom stereocenters. The first kappa shape index (κ1) is 18.8. The van der Waals surface area contributed by atoms with Gasteiger partial charge in [0.05, 0.1) is 18.4 Å². The molecule has 1 aromatic carbocycles. The topological polar surface area (TPSA) is 71.5 Å². The number of anilines is 1. The number of nitrogens with one attached hydrogen (secondary N) is 1. The van der Waals surface area contributed by atoms with Gasteiger partial charge < -0.3 is 15.0 Å². The molecular formula is C20H22FN3O3. The molecule has 0 radical (unpaired) electrons. The van der Waals surface area contributed by atoms with Crippen molar-refractivity contribution >= 4 is 17.5 Å². The molecule has 0 saturated carbocycles. The van der Waals surface area contributed by atoms with Crippen molar-refractivity contribution in [3.05, 3.63) is 48.4 Å². The second-order valence-corrected chi connectivity index (χ2v) is 6.47. The summed E-state index contributed by atoms with van der Waals surface area (Å²) < 4.78 is 18.4. The van der Waals surface area contributed by atoms with Crippen LogP contribution in [0.25, 0.3) is 0 Å². The van der Waals surface area contributed by atoms with Gasteiger partial charge in [0.25, 0.3) is 0 Å². The summed E-state index contributed by atoms with van der Waals surface area (Å²) in [4.78, 5) is 30.1. The number of hydrogen-bond acceptors (Lipinski definition) is 4. The molecule has 1 N–H and O–H groups in total. The molecule has 2 amide bonds. The normalized spacial score (nSPS) is 15.0. The second kappa shape index (κ2) is 9.12. The van der Waals surface area contributed by atoms with Crippen molar-refractivity contribution in [3.63, 3.8) is 0 Å². The first-order valence-corrected chi connectivity index (χ1v) is 9.07. The predicted molar refractivity (Wildman–Crippen MR) is 99.0 cm³/mol. The molecule has 27 heavy (non-hydrogen) atoms. The van der Waals surface area contributed by atoms with Gasteiger partial charge in [-0.15, -0.1) is 0 Å². The van der Waals surface area contributed by atoms with Crippen molar-refractivity contribution in [2.45, 2.75) is 32.1 Å². The Hall–Kier alpha value is -2.96. The first-order chi connectivity index (χ1) is 13.1. The van der Waals surface area contributed by atoms with Crippen LogP contribution in [0.5, 0.6) is 11.6 Å². The van der Waals surface area contributed by atoms with Gasteiger partial charge in [0.2, 0.25) is 17.7 Å². The van der Waals surface area contributed by atoms with Gasteiger partial charge in [0.1, 0.15) is 11.6 Å². The summed E-state index contributed by atoms with van der Waals surface area (Å²) in [5.41, 5.74) is 0.519. The zero-order valence-electron chi connectivity index (χ0n) is 15.0. The number of ether oxygens (including phenoxy) is 1. The van der Waals surface area contributed by atoms with E-state index in [1.807, 2.05) is 0 Å². The number of aromatic nitrogens is 1. The highest BCUT2D eigenvalue weighted by atomic mass is 19.1. The summed E-state index contributed by atoms with van der Waals surface area (Å²) in [6.07, 6.45) is 5.96. The molecular weight excluding hydrogens is 349 g/mol. The maximum atomic E-state index is 12.9. The number of rotatable bonds is 5. The average molecular weight is 371 g/mol. The molecule has 0 atom stereocenters. The Balaban J connectivity index is 1.53. The van der Waals surface area contributed by atoms with Crippen molar-refractivity contribution in [2.24, 2.45) is 0 Å². The number of carbonyl (C=O) groups is 2. The van der Waals surface area contributed by atoms with Crippen LogP contribution in [-0.2, 0) is 9.59 Å². The Morgan fingerprint density at radius 2 is 1.89 bits per heavy atom. The molecule has 1 aliphatic rings. The van der Waals surface area contributed by atoms with Crippen molar-refractivity contribution in [1.29, 1.82) is 0 Å². The maximum Gasteiger partial charge on any atom is 0.244 e. The van der Waals surface area contributed by atoms with E-state index in [9.17, 15) is 14.0 Å². The zero-order valence-corrected chi connectivity index (χ0v) is 15.0. The third-order valence-electron chi connectivity index (χ3n) is 4.31. The molecule has 0 aliphatic carbocycles. The summed E-state index contributed by atoms with van der Waals surface area (Å²) >= 11 is 0. The highest BCUT2D eigenvalue weighted by Crippen LogP contribution is 2.20. The van der Waals surface area contributed by atoms with E-state index in [0.29, 0.717) is 30.3 Å². The molecule has 142 valence electrons. The molecule has 0 bridgehead atoms. The fraction of sp³-hybridized carbons (Fsp3) is 0.350. The molecule has 1 fully saturated rings. The van der Waals surface area contributed by atoms with Crippen molar-refractivity contribution < 1.29 is 18.7 Å². The lowest BCUT2D eigenvalue weighted by molar-refractivity contribution is -0.135. The van der Waals surface area contributed by atoms with Crippen molar-refractivity contribution in [3.8, 4) is 11.6 Å². The number of nitrogens with zero attached hydrogens (tertiary/aromatic N) is 2. The van der Waals surface area contributed by atoms with Gasteiger partial charge in [-0.25, -0.2) is 9.37 Å². The highest BCUT2D eigenvalue weighted by molar-refractivity contribution is 5.94. The lowest BCUT2D eigenvalue weighted by Crippen LogP contribution is -2.39. The lowest BCUT2D eigenvalue weighted by Gasteiger charge is -2.24. The quantitative estimate of drug-likeness (QED) is 0.869. The Bertz CT molecular complexity index is 778. The van der Waals surface area contributed by atoms with Crippen molar-refractivity contribution in [2.75, 3.05) is 18.4 Å². The molecule has 1 saturated heterocycles. The van der Waals surface area contributed by atoms with Crippen molar-refractivity contribution in [1.82, 2.24) is 9.88 Å². The van der Waals surface area contributed by atoms with E-state index in [0.717, 1.165) is 25.7 Å². The van der Waals surface area contributed by atoms with Gasteiger partial charge in [-0.05, 0) is 43.2 Å². The lowest BCUT2D eigenvalue weighted by atomic mass is 10.1. The molecule has 1 aromatic heterocycles. The number of halogens is 1. The van der Waals surface area contributed by atoms with E-state index in [1.54, 1.807) is 17.0 Å². The number of carbonyl (C=O) groups excluding carboxylic acids is 2. The van der Waals surface area contributed by atoms with Crippen LogP contribution < -0.4 is 10.1 Å². The summed E-state index contributed by atoms with van der Waals surface area (Å²) in [5, 5.41) is 2.74. The van der Waals surface area contributed by atoms with Crippen LogP contribution in [0.4, 0.5) is 10.1 Å². The highest BCUT2D eigenvalue weighted by Gasteiger charge is 2.18. The number of hydrogen-bond donors (Lipinski definition) is 1. The Morgan fingerprint density at radius 1 is 1.11 bits per heavy atom. The number of amides is 2. The number of pyridine rings is 1. The fourth-order valence-electron chi connectivity index (χ4n) is 2.89. The van der Waals surface area contributed by atoms with Gasteiger partial charge in [-0.2, -0.15) is 0 Å². The Labute approximate surface area is 157 Å². The maximum absolute atomic E-state index is 12.9. The van der Waals surface area contributed by atoms with Gasteiger partial charge in [-0.1, -0.05) is 12.8 Å². The third kappa shape index (κ3) is 5.77. The molecule has 2 heterocycles. The van der Waals surface area contributed by atoms with Crippen LogP contribution in [0.2, 0.25) is 0 Å². The monoisotopic (exact) mass is 371 g/mol. The minimum absolute atomic E-state index is 0.0334. The molecule has 6 nitrogen and oxygen atoms in total. The third-order valence-corrected chi connectivity index (χ3v) is 4.31. The summed E-state index contributed by atoms with van der Waals surface area (Å²) in [7, 11) is 0. The summed E-state index contributed by atoms with van der Waals surface area (Å²) in [6, 6.07) is 8.89. The van der Waals surface area contributed by atoms with Crippen LogP contribution in [0.1, 0.15) is 32.1 Å². The molecule has 2 aromatic rings. The minimum Gasteiger partial charge on any atom is -0.439 e. The Kier molecular flexibility index (Phi) is 6.35. The van der Waals surface area contributed by atoms with Crippen LogP contribution in [-0.4, -0.2) is 34.8 Å². The van der Waals surface area contributed by atoms with E-state index in [1.165, 1.54) is 30.5 Å². The molecule has 1 aliphatic heterocycles. The van der Waals surface area contributed by atoms with E-state index >= 15 is 0 Å². The number of benzene rings is 1. The molecule has 0 spiro atoms. The van der Waals surface area contributed by atoms with Gasteiger partial charge >= 0.3 is 0 Å². The van der Waals surface area contributed by atoms with E-state index in [4.69, 9.17) is 4.74 Å². The summed E-state index contributed by atoms with van der Waals surface area (Å²) in [6.45, 7) is 0.668. The minimum atomic E-state index is -0.341. The van der Waals surface area contributed by atoms with E-state index in [-0.39, 0.29) is 24.2 Å². The van der Waals surface area contributed by atoms with Crippen LogP contribution in [0, 0.1) is 5.82 Å². The van der Waals surface area contributed by atoms with Gasteiger partial charge in [0, 0.05) is 19.0 Å².